The van der Waals surface area contributed by atoms with Crippen LogP contribution in [-0.2, 0) is 19.6 Å². The van der Waals surface area contributed by atoms with Gasteiger partial charge in [0.1, 0.15) is 11.6 Å². The van der Waals surface area contributed by atoms with Gasteiger partial charge in [-0.3, -0.25) is 14.7 Å². The number of fused-ring (bicyclic) bond motifs is 1. The first-order valence-electron chi connectivity index (χ1n) is 6.82. The van der Waals surface area contributed by atoms with Crippen molar-refractivity contribution in [2.75, 3.05) is 0 Å². The number of benzene rings is 1. The van der Waals surface area contributed by atoms with Gasteiger partial charge in [0.25, 0.3) is 5.56 Å². The number of rotatable bonds is 3. The van der Waals surface area contributed by atoms with Crippen LogP contribution in [-0.4, -0.2) is 21.2 Å². The Labute approximate surface area is 131 Å². The van der Waals surface area contributed by atoms with Gasteiger partial charge in [0, 0.05) is 37.0 Å². The second kappa shape index (κ2) is 5.78. The van der Waals surface area contributed by atoms with E-state index in [1.165, 1.54) is 6.07 Å². The van der Waals surface area contributed by atoms with E-state index in [1.54, 1.807) is 4.90 Å². The third-order valence-electron chi connectivity index (χ3n) is 3.55. The SMILES string of the molecule is O=c1[nH]c2c(c(=O)[nH]1)CN(Cc1ccc(OC(F)(F)F)cc1F)C2. The van der Waals surface area contributed by atoms with Gasteiger partial charge in [0.05, 0.1) is 5.56 Å². The van der Waals surface area contributed by atoms with Crippen molar-refractivity contribution in [3.8, 4) is 5.75 Å². The Kier molecular flexibility index (Phi) is 3.91. The van der Waals surface area contributed by atoms with Crippen LogP contribution in [0.4, 0.5) is 17.6 Å². The van der Waals surface area contributed by atoms with Crippen LogP contribution in [0.25, 0.3) is 0 Å². The van der Waals surface area contributed by atoms with Gasteiger partial charge in [-0.2, -0.15) is 0 Å². The zero-order chi connectivity index (χ0) is 17.5. The highest BCUT2D eigenvalue weighted by Gasteiger charge is 2.31. The number of nitrogens with one attached hydrogen (secondary N) is 2. The Morgan fingerprint density at radius 2 is 1.92 bits per heavy atom. The minimum absolute atomic E-state index is 0.0638. The highest BCUT2D eigenvalue weighted by molar-refractivity contribution is 5.30. The van der Waals surface area contributed by atoms with Crippen LogP contribution in [0.3, 0.4) is 0 Å². The Bertz CT molecular complexity index is 888. The molecule has 0 saturated carbocycles. The molecular weight excluding hydrogens is 334 g/mol. The molecule has 2 aromatic rings. The van der Waals surface area contributed by atoms with Gasteiger partial charge >= 0.3 is 12.1 Å². The lowest BCUT2D eigenvalue weighted by Crippen LogP contribution is -2.25. The van der Waals surface area contributed by atoms with E-state index in [1.807, 2.05) is 0 Å². The zero-order valence-corrected chi connectivity index (χ0v) is 12.0. The molecule has 2 N–H and O–H groups in total. The lowest BCUT2D eigenvalue weighted by Gasteiger charge is -2.16. The van der Waals surface area contributed by atoms with Crippen LogP contribution in [0.2, 0.25) is 0 Å². The molecule has 3 rings (SSSR count). The van der Waals surface area contributed by atoms with Crippen molar-refractivity contribution in [3.05, 3.63) is 61.7 Å². The molecule has 0 atom stereocenters. The minimum Gasteiger partial charge on any atom is -0.406 e. The number of hydrogen-bond donors (Lipinski definition) is 2. The number of nitrogens with zero attached hydrogens (tertiary/aromatic N) is 1. The highest BCUT2D eigenvalue weighted by atomic mass is 19.4. The lowest BCUT2D eigenvalue weighted by molar-refractivity contribution is -0.274. The molecule has 0 fully saturated rings. The monoisotopic (exact) mass is 345 g/mol. The van der Waals surface area contributed by atoms with Crippen molar-refractivity contribution in [1.29, 1.82) is 0 Å². The molecule has 0 spiro atoms. The van der Waals surface area contributed by atoms with Gasteiger partial charge in [-0.25, -0.2) is 9.18 Å². The Morgan fingerprint density at radius 3 is 2.58 bits per heavy atom. The summed E-state index contributed by atoms with van der Waals surface area (Å²) in [6, 6.07) is 2.86. The first-order valence-corrected chi connectivity index (χ1v) is 6.82. The average molecular weight is 345 g/mol. The second-order valence-electron chi connectivity index (χ2n) is 5.31. The van der Waals surface area contributed by atoms with E-state index < -0.39 is 29.2 Å². The van der Waals surface area contributed by atoms with Crippen LogP contribution in [0, 0.1) is 5.82 Å². The van der Waals surface area contributed by atoms with Crippen LogP contribution in [0.5, 0.6) is 5.75 Å². The molecule has 24 heavy (non-hydrogen) atoms. The number of halogens is 4. The second-order valence-corrected chi connectivity index (χ2v) is 5.31. The molecule has 0 bridgehead atoms. The van der Waals surface area contributed by atoms with Crippen LogP contribution in [0.15, 0.2) is 27.8 Å². The first-order chi connectivity index (χ1) is 11.2. The molecule has 6 nitrogen and oxygen atoms in total. The smallest absolute Gasteiger partial charge is 0.406 e. The fourth-order valence-corrected chi connectivity index (χ4v) is 2.57. The standard InChI is InChI=1S/C14H11F4N3O3/c15-10-3-8(24-14(16,17)18)2-1-7(10)4-21-5-9-11(6-21)19-13(23)20-12(9)22/h1-3H,4-6H2,(H2,19,20,22,23). The van der Waals surface area contributed by atoms with E-state index in [0.29, 0.717) is 17.3 Å². The van der Waals surface area contributed by atoms with Gasteiger partial charge in [-0.15, -0.1) is 13.2 Å². The predicted molar refractivity (Wildman–Crippen MR) is 73.7 cm³/mol. The van der Waals surface area contributed by atoms with Gasteiger partial charge in [-0.05, 0) is 6.07 Å². The summed E-state index contributed by atoms with van der Waals surface area (Å²) in [6.07, 6.45) is -4.89. The molecule has 1 aliphatic rings. The van der Waals surface area contributed by atoms with Crippen molar-refractivity contribution in [2.24, 2.45) is 0 Å². The van der Waals surface area contributed by atoms with Crippen LogP contribution >= 0.6 is 0 Å². The number of aromatic amines is 2. The summed E-state index contributed by atoms with van der Waals surface area (Å²) >= 11 is 0. The molecule has 0 radical (unpaired) electrons. The summed E-state index contributed by atoms with van der Waals surface area (Å²) < 4.78 is 53.9. The Morgan fingerprint density at radius 1 is 1.17 bits per heavy atom. The van der Waals surface area contributed by atoms with Gasteiger partial charge < -0.3 is 9.72 Å². The molecule has 128 valence electrons. The quantitative estimate of drug-likeness (QED) is 0.829. The molecule has 2 heterocycles. The largest absolute Gasteiger partial charge is 0.573 e. The fourth-order valence-electron chi connectivity index (χ4n) is 2.57. The molecule has 0 saturated heterocycles. The normalized spacial score (nSPS) is 14.7. The van der Waals surface area contributed by atoms with Crippen LogP contribution in [0.1, 0.15) is 16.8 Å². The third kappa shape index (κ3) is 3.48. The summed E-state index contributed by atoms with van der Waals surface area (Å²) in [7, 11) is 0. The molecule has 1 aromatic carbocycles. The maximum atomic E-state index is 14.0. The summed E-state index contributed by atoms with van der Waals surface area (Å²) in [5, 5.41) is 0. The summed E-state index contributed by atoms with van der Waals surface area (Å²) in [4.78, 5) is 29.2. The van der Waals surface area contributed by atoms with E-state index >= 15 is 0 Å². The first kappa shape index (κ1) is 16.2. The highest BCUT2D eigenvalue weighted by Crippen LogP contribution is 2.26. The summed E-state index contributed by atoms with van der Waals surface area (Å²) in [5.74, 6) is -1.50. The van der Waals surface area contributed by atoms with E-state index in [-0.39, 0.29) is 25.2 Å². The zero-order valence-electron chi connectivity index (χ0n) is 12.0. The van der Waals surface area contributed by atoms with E-state index in [9.17, 15) is 27.2 Å². The number of hydrogen-bond acceptors (Lipinski definition) is 4. The van der Waals surface area contributed by atoms with E-state index in [0.717, 1.165) is 6.07 Å². The van der Waals surface area contributed by atoms with Crippen molar-refractivity contribution in [2.45, 2.75) is 26.0 Å². The number of alkyl halides is 3. The molecule has 10 heteroatoms. The summed E-state index contributed by atoms with van der Waals surface area (Å²) in [5.41, 5.74) is -0.157. The van der Waals surface area contributed by atoms with Crippen LogP contribution < -0.4 is 16.0 Å². The molecule has 0 aliphatic carbocycles. The molecular formula is C14H11F4N3O3. The minimum atomic E-state index is -4.89. The third-order valence-corrected chi connectivity index (χ3v) is 3.55. The van der Waals surface area contributed by atoms with Crippen molar-refractivity contribution < 1.29 is 22.3 Å². The average Bonchev–Trinajstić information content (AvgIpc) is 2.83. The maximum absolute atomic E-state index is 14.0. The van der Waals surface area contributed by atoms with Crippen molar-refractivity contribution in [3.63, 3.8) is 0 Å². The van der Waals surface area contributed by atoms with E-state index in [2.05, 4.69) is 14.7 Å². The van der Waals surface area contributed by atoms with Gasteiger partial charge in [0.15, 0.2) is 0 Å². The predicted octanol–water partition coefficient (Wildman–Crippen LogP) is 1.62. The summed E-state index contributed by atoms with van der Waals surface area (Å²) in [6.45, 7) is 0.491. The Hall–Kier alpha value is -2.62. The topological polar surface area (TPSA) is 78.2 Å². The van der Waals surface area contributed by atoms with Gasteiger partial charge in [0.2, 0.25) is 0 Å². The number of ether oxygens (including phenoxy) is 1. The lowest BCUT2D eigenvalue weighted by atomic mass is 10.2. The van der Waals surface area contributed by atoms with Gasteiger partial charge in [-0.1, -0.05) is 6.07 Å². The number of aromatic nitrogens is 2. The van der Waals surface area contributed by atoms with E-state index in [4.69, 9.17) is 0 Å². The maximum Gasteiger partial charge on any atom is 0.573 e. The number of H-pyrrole nitrogens is 2. The molecule has 0 amide bonds. The van der Waals surface area contributed by atoms with Crippen molar-refractivity contribution >= 4 is 0 Å². The molecule has 1 aromatic heterocycles. The fraction of sp³-hybridized carbons (Fsp3) is 0.286. The Balaban J connectivity index is 1.75. The molecule has 0 unspecified atom stereocenters. The molecule has 1 aliphatic heterocycles. The van der Waals surface area contributed by atoms with Crippen molar-refractivity contribution in [1.82, 2.24) is 14.9 Å².